The van der Waals surface area contributed by atoms with Gasteiger partial charge in [-0.25, -0.2) is 18.6 Å². The minimum Gasteiger partial charge on any atom is -0.429 e. The SMILES string of the molecule is Cn1nc2c(c1CC(=O)Nc1nc(-c3cc(F)c(OC(F)F)c(F)c3)cs1)c(=O)n(C)c(=O)n2C. The van der Waals surface area contributed by atoms with Crippen molar-refractivity contribution >= 4 is 33.4 Å². The van der Waals surface area contributed by atoms with Crippen molar-refractivity contribution in [3.05, 3.63) is 55.7 Å². The standard InChI is InChI=1S/C20H16F4N6O4S/c1-28-16-14(17(32)29(2)20(28)33)12(30(3)27-16)6-13(31)26-19-25-11(7-35-19)8-4-9(21)15(10(22)5-8)34-18(23)24/h4-5,7,18H,6H2,1-3H3,(H,25,26,31). The molecule has 4 rings (SSSR count). The number of amides is 1. The summed E-state index contributed by atoms with van der Waals surface area (Å²) in [6, 6.07) is 1.56. The van der Waals surface area contributed by atoms with Gasteiger partial charge in [0.15, 0.2) is 28.2 Å². The molecule has 0 saturated carbocycles. The molecule has 0 fully saturated rings. The summed E-state index contributed by atoms with van der Waals surface area (Å²) in [4.78, 5) is 41.5. The predicted octanol–water partition coefficient (Wildman–Crippen LogP) is 2.15. The zero-order valence-corrected chi connectivity index (χ0v) is 19.1. The number of aryl methyl sites for hydroxylation is 2. The summed E-state index contributed by atoms with van der Waals surface area (Å²) in [5.41, 5.74) is -0.734. The van der Waals surface area contributed by atoms with E-state index in [4.69, 9.17) is 0 Å². The van der Waals surface area contributed by atoms with Gasteiger partial charge in [-0.1, -0.05) is 0 Å². The van der Waals surface area contributed by atoms with E-state index >= 15 is 0 Å². The van der Waals surface area contributed by atoms with E-state index in [0.29, 0.717) is 0 Å². The molecule has 1 N–H and O–H groups in total. The number of hydrogen-bond donors (Lipinski definition) is 1. The maximum Gasteiger partial charge on any atom is 0.387 e. The highest BCUT2D eigenvalue weighted by Gasteiger charge is 2.22. The first-order chi connectivity index (χ1) is 16.5. The Balaban J connectivity index is 1.57. The van der Waals surface area contributed by atoms with Crippen molar-refractivity contribution in [2.24, 2.45) is 21.1 Å². The number of fused-ring (bicyclic) bond motifs is 1. The summed E-state index contributed by atoms with van der Waals surface area (Å²) in [6.45, 7) is -3.40. The molecule has 0 unspecified atom stereocenters. The van der Waals surface area contributed by atoms with Crippen molar-refractivity contribution in [1.82, 2.24) is 23.9 Å². The van der Waals surface area contributed by atoms with Gasteiger partial charge in [-0.15, -0.1) is 11.3 Å². The van der Waals surface area contributed by atoms with Crippen LogP contribution in [-0.4, -0.2) is 36.4 Å². The summed E-state index contributed by atoms with van der Waals surface area (Å²) in [7, 11) is 4.30. The Bertz CT molecular complexity index is 1570. The first kappa shape index (κ1) is 24.1. The van der Waals surface area contributed by atoms with E-state index in [1.807, 2.05) is 0 Å². The molecule has 0 bridgehead atoms. The number of carbonyl (C=O) groups is 1. The molecular weight excluding hydrogens is 496 g/mol. The largest absolute Gasteiger partial charge is 0.429 e. The van der Waals surface area contributed by atoms with Crippen LogP contribution in [0.4, 0.5) is 22.7 Å². The van der Waals surface area contributed by atoms with E-state index < -0.39 is 41.2 Å². The Morgan fingerprint density at radius 2 is 1.80 bits per heavy atom. The third kappa shape index (κ3) is 4.41. The second-order valence-electron chi connectivity index (χ2n) is 7.39. The molecule has 1 aromatic carbocycles. The number of ether oxygens (including phenoxy) is 1. The van der Waals surface area contributed by atoms with Crippen molar-refractivity contribution in [1.29, 1.82) is 0 Å². The maximum absolute atomic E-state index is 14.0. The number of nitrogens with one attached hydrogen (secondary N) is 1. The Labute approximate surface area is 197 Å². The number of thiazole rings is 1. The number of halogens is 4. The number of carbonyl (C=O) groups excluding carboxylic acids is 1. The van der Waals surface area contributed by atoms with Crippen molar-refractivity contribution in [3.63, 3.8) is 0 Å². The Kier molecular flexibility index (Phi) is 6.19. The normalized spacial score (nSPS) is 11.4. The number of hydrogen-bond acceptors (Lipinski definition) is 7. The number of anilines is 1. The summed E-state index contributed by atoms with van der Waals surface area (Å²) >= 11 is 0.957. The highest BCUT2D eigenvalue weighted by molar-refractivity contribution is 7.14. The van der Waals surface area contributed by atoms with Crippen LogP contribution in [0.2, 0.25) is 0 Å². The summed E-state index contributed by atoms with van der Waals surface area (Å²) < 4.78 is 59.9. The Morgan fingerprint density at radius 1 is 1.14 bits per heavy atom. The minimum absolute atomic E-state index is 0.0552. The number of rotatable bonds is 6. The van der Waals surface area contributed by atoms with E-state index in [9.17, 15) is 31.9 Å². The van der Waals surface area contributed by atoms with Crippen LogP contribution in [0.3, 0.4) is 0 Å². The molecule has 0 aliphatic heterocycles. The third-order valence-electron chi connectivity index (χ3n) is 5.14. The second-order valence-corrected chi connectivity index (χ2v) is 8.24. The molecule has 1 amide bonds. The number of alkyl halides is 2. The van der Waals surface area contributed by atoms with Gasteiger partial charge in [0.2, 0.25) is 5.91 Å². The van der Waals surface area contributed by atoms with Gasteiger partial charge in [0.1, 0.15) is 5.39 Å². The molecule has 10 nitrogen and oxygen atoms in total. The molecule has 0 saturated heterocycles. The molecular formula is C20H16F4N6O4S. The quantitative estimate of drug-likeness (QED) is 0.396. The van der Waals surface area contributed by atoms with E-state index in [1.165, 1.54) is 35.8 Å². The monoisotopic (exact) mass is 512 g/mol. The van der Waals surface area contributed by atoms with Crippen molar-refractivity contribution in [2.75, 3.05) is 5.32 Å². The predicted molar refractivity (Wildman–Crippen MR) is 118 cm³/mol. The van der Waals surface area contributed by atoms with Crippen LogP contribution in [0.25, 0.3) is 22.3 Å². The zero-order chi connectivity index (χ0) is 25.6. The topological polar surface area (TPSA) is 113 Å². The van der Waals surface area contributed by atoms with Gasteiger partial charge in [-0.3, -0.25) is 23.4 Å². The van der Waals surface area contributed by atoms with Crippen LogP contribution in [0.1, 0.15) is 5.69 Å². The van der Waals surface area contributed by atoms with E-state index in [2.05, 4.69) is 20.1 Å². The number of aromatic nitrogens is 5. The van der Waals surface area contributed by atoms with Gasteiger partial charge in [0, 0.05) is 32.1 Å². The van der Waals surface area contributed by atoms with Gasteiger partial charge in [-0.2, -0.15) is 13.9 Å². The fourth-order valence-electron chi connectivity index (χ4n) is 3.46. The summed E-state index contributed by atoms with van der Waals surface area (Å²) in [5, 5.41) is 8.30. The van der Waals surface area contributed by atoms with E-state index in [-0.39, 0.29) is 39.5 Å². The van der Waals surface area contributed by atoms with Gasteiger partial charge in [0.05, 0.1) is 17.8 Å². The maximum atomic E-state index is 14.0. The first-order valence-corrected chi connectivity index (χ1v) is 10.7. The van der Waals surface area contributed by atoms with Gasteiger partial charge < -0.3 is 10.1 Å². The lowest BCUT2D eigenvalue weighted by Crippen LogP contribution is -2.37. The molecule has 0 atom stereocenters. The van der Waals surface area contributed by atoms with Crippen LogP contribution in [0.5, 0.6) is 5.75 Å². The van der Waals surface area contributed by atoms with Crippen molar-refractivity contribution in [3.8, 4) is 17.0 Å². The van der Waals surface area contributed by atoms with Crippen LogP contribution in [-0.2, 0) is 32.4 Å². The van der Waals surface area contributed by atoms with Gasteiger partial charge >= 0.3 is 12.3 Å². The van der Waals surface area contributed by atoms with Crippen LogP contribution in [0.15, 0.2) is 27.1 Å². The molecule has 0 spiro atoms. The van der Waals surface area contributed by atoms with Crippen molar-refractivity contribution < 1.29 is 27.1 Å². The molecule has 3 aromatic heterocycles. The van der Waals surface area contributed by atoms with Gasteiger partial charge in [-0.05, 0) is 12.1 Å². The first-order valence-electron chi connectivity index (χ1n) is 9.79. The molecule has 0 aliphatic rings. The highest BCUT2D eigenvalue weighted by Crippen LogP contribution is 2.31. The van der Waals surface area contributed by atoms with Crippen LogP contribution >= 0.6 is 11.3 Å². The van der Waals surface area contributed by atoms with Gasteiger partial charge in [0.25, 0.3) is 5.56 Å². The molecule has 184 valence electrons. The van der Waals surface area contributed by atoms with E-state index in [1.54, 1.807) is 0 Å². The smallest absolute Gasteiger partial charge is 0.387 e. The molecule has 4 aromatic rings. The average Bonchev–Trinajstić information content (AvgIpc) is 3.38. The lowest BCUT2D eigenvalue weighted by Gasteiger charge is -2.08. The Morgan fingerprint density at radius 3 is 2.43 bits per heavy atom. The highest BCUT2D eigenvalue weighted by atomic mass is 32.1. The molecule has 3 heterocycles. The number of benzene rings is 1. The van der Waals surface area contributed by atoms with Crippen molar-refractivity contribution in [2.45, 2.75) is 13.0 Å². The van der Waals surface area contributed by atoms with Crippen LogP contribution < -0.4 is 21.3 Å². The zero-order valence-electron chi connectivity index (χ0n) is 18.3. The molecule has 35 heavy (non-hydrogen) atoms. The summed E-state index contributed by atoms with van der Waals surface area (Å²) in [6.07, 6.45) is -0.279. The summed E-state index contributed by atoms with van der Waals surface area (Å²) in [5.74, 6) is -4.44. The molecule has 15 heteroatoms. The molecule has 0 aliphatic carbocycles. The fraction of sp³-hybridized carbons (Fsp3) is 0.250. The minimum atomic E-state index is -3.40. The molecule has 0 radical (unpaired) electrons. The second kappa shape index (κ2) is 8.98. The lowest BCUT2D eigenvalue weighted by molar-refractivity contribution is -0.115. The third-order valence-corrected chi connectivity index (χ3v) is 5.89. The fourth-order valence-corrected chi connectivity index (χ4v) is 4.19. The average molecular weight is 512 g/mol. The lowest BCUT2D eigenvalue weighted by atomic mass is 10.1. The Hall–Kier alpha value is -4.01. The van der Waals surface area contributed by atoms with E-state index in [0.717, 1.165) is 28.0 Å². The van der Waals surface area contributed by atoms with Crippen LogP contribution in [0, 0.1) is 11.6 Å². The number of nitrogens with zero attached hydrogens (tertiary/aromatic N) is 5.